The number of hydrogen-bond acceptors (Lipinski definition) is 4. The summed E-state index contributed by atoms with van der Waals surface area (Å²) < 4.78 is 60.8. The highest BCUT2D eigenvalue weighted by atomic mass is 19.4. The lowest BCUT2D eigenvalue weighted by Gasteiger charge is -2.44. The van der Waals surface area contributed by atoms with Crippen molar-refractivity contribution < 1.29 is 36.7 Å². The second-order valence-electron chi connectivity index (χ2n) is 7.76. The van der Waals surface area contributed by atoms with Crippen LogP contribution in [-0.2, 0) is 0 Å². The van der Waals surface area contributed by atoms with E-state index >= 15 is 0 Å². The van der Waals surface area contributed by atoms with Crippen molar-refractivity contribution in [1.29, 1.82) is 0 Å². The maximum Gasteiger partial charge on any atom is 0.437 e. The van der Waals surface area contributed by atoms with E-state index in [0.717, 1.165) is 5.56 Å². The van der Waals surface area contributed by atoms with Crippen molar-refractivity contribution in [3.8, 4) is 11.3 Å². The molecule has 1 aliphatic rings. The van der Waals surface area contributed by atoms with Crippen molar-refractivity contribution in [2.75, 3.05) is 0 Å². The molecule has 0 unspecified atom stereocenters. The molecular weight excluding hydrogens is 444 g/mol. The van der Waals surface area contributed by atoms with Crippen LogP contribution in [0.25, 0.3) is 11.3 Å². The van der Waals surface area contributed by atoms with Gasteiger partial charge in [-0.1, -0.05) is 29.8 Å². The molecule has 2 aromatic carbocycles. The molecule has 2 heterocycles. The summed E-state index contributed by atoms with van der Waals surface area (Å²) in [7, 11) is 0. The van der Waals surface area contributed by atoms with Gasteiger partial charge in [0, 0.05) is 11.1 Å². The largest absolute Gasteiger partial charge is 0.459 e. The molecule has 3 N–H and O–H groups in total. The minimum atomic E-state index is -5.37. The monoisotopic (exact) mass is 462 g/mol. The van der Waals surface area contributed by atoms with Crippen molar-refractivity contribution in [3.63, 3.8) is 0 Å². The minimum absolute atomic E-state index is 0.0819. The zero-order valence-corrected chi connectivity index (χ0v) is 17.1. The summed E-state index contributed by atoms with van der Waals surface area (Å²) in [6.45, 7) is 1.74. The fourth-order valence-corrected chi connectivity index (χ4v) is 3.76. The van der Waals surface area contributed by atoms with Gasteiger partial charge in [-0.25, -0.2) is 9.18 Å². The van der Waals surface area contributed by atoms with Gasteiger partial charge >= 0.3 is 12.2 Å². The Bertz CT molecular complexity index is 1190. The van der Waals surface area contributed by atoms with E-state index < -0.39 is 41.5 Å². The summed E-state index contributed by atoms with van der Waals surface area (Å²) in [5.74, 6) is -3.75. The zero-order chi connectivity index (χ0) is 24.0. The molecule has 3 atom stereocenters. The van der Waals surface area contributed by atoms with Gasteiger partial charge in [-0.2, -0.15) is 13.2 Å². The number of furan rings is 1. The Morgan fingerprint density at radius 3 is 2.27 bits per heavy atom. The number of rotatable bonds is 4. The molecule has 3 aromatic rings. The Balaban J connectivity index is 1.80. The van der Waals surface area contributed by atoms with Crippen LogP contribution in [0.2, 0.25) is 0 Å². The van der Waals surface area contributed by atoms with Gasteiger partial charge < -0.3 is 20.2 Å². The van der Waals surface area contributed by atoms with E-state index in [1.807, 2.05) is 0 Å². The third-order valence-corrected chi connectivity index (χ3v) is 5.49. The van der Waals surface area contributed by atoms with Crippen molar-refractivity contribution in [3.05, 3.63) is 83.4 Å². The van der Waals surface area contributed by atoms with Crippen molar-refractivity contribution in [1.82, 2.24) is 10.6 Å². The van der Waals surface area contributed by atoms with Gasteiger partial charge in [0.25, 0.3) is 0 Å². The number of nitrogens with one attached hydrogen (secondary N) is 2. The van der Waals surface area contributed by atoms with Crippen molar-refractivity contribution >= 4 is 11.8 Å². The number of aryl methyl sites for hydroxylation is 1. The maximum atomic E-state index is 14.0. The third-order valence-electron chi connectivity index (χ3n) is 5.49. The smallest absolute Gasteiger partial charge is 0.437 e. The Morgan fingerprint density at radius 1 is 1.03 bits per heavy atom. The molecule has 0 aliphatic carbocycles. The Morgan fingerprint density at radius 2 is 1.67 bits per heavy atom. The average molecular weight is 462 g/mol. The number of Topliss-reactive ketones (excluding diaryl/α,β-unsaturated/α-hetero) is 1. The number of urea groups is 1. The third kappa shape index (κ3) is 4.09. The van der Waals surface area contributed by atoms with Gasteiger partial charge in [0.05, 0.1) is 0 Å². The number of benzene rings is 2. The number of alkyl halides is 3. The van der Waals surface area contributed by atoms with Crippen LogP contribution in [-0.4, -0.2) is 28.8 Å². The van der Waals surface area contributed by atoms with Crippen LogP contribution in [0.4, 0.5) is 22.4 Å². The van der Waals surface area contributed by atoms with E-state index in [2.05, 4.69) is 5.32 Å². The number of aliphatic hydroxyl groups is 1. The quantitative estimate of drug-likeness (QED) is 0.393. The fraction of sp³-hybridized carbons (Fsp3) is 0.217. The highest BCUT2D eigenvalue weighted by Gasteiger charge is 2.66. The Hall–Kier alpha value is -3.66. The summed E-state index contributed by atoms with van der Waals surface area (Å²) >= 11 is 0. The van der Waals surface area contributed by atoms with E-state index in [9.17, 15) is 32.3 Å². The van der Waals surface area contributed by atoms with Crippen LogP contribution >= 0.6 is 0 Å². The van der Waals surface area contributed by atoms with Gasteiger partial charge in [0.15, 0.2) is 5.78 Å². The normalized spacial score (nSPS) is 23.0. The molecule has 6 nitrogen and oxygen atoms in total. The first kappa shape index (κ1) is 22.5. The molecule has 0 saturated carbocycles. The molecule has 1 aromatic heterocycles. The zero-order valence-electron chi connectivity index (χ0n) is 17.1. The molecule has 1 fully saturated rings. The first-order chi connectivity index (χ1) is 15.5. The predicted molar refractivity (Wildman–Crippen MR) is 109 cm³/mol. The summed E-state index contributed by atoms with van der Waals surface area (Å²) in [6.07, 6.45) is -5.37. The van der Waals surface area contributed by atoms with Gasteiger partial charge in [0.1, 0.15) is 29.3 Å². The molecule has 0 radical (unpaired) electrons. The topological polar surface area (TPSA) is 91.6 Å². The Kier molecular flexibility index (Phi) is 5.49. The van der Waals surface area contributed by atoms with Gasteiger partial charge in [-0.15, -0.1) is 0 Å². The minimum Gasteiger partial charge on any atom is -0.459 e. The SMILES string of the molecule is Cc1ccc(C(=O)[C@@H]2[C@H](c3ccc(-c4ccc(F)cc4)o3)NC(=O)N[C@@]2(O)C(F)(F)F)cc1. The average Bonchev–Trinajstić information content (AvgIpc) is 3.23. The molecule has 1 saturated heterocycles. The first-order valence-corrected chi connectivity index (χ1v) is 9.84. The second-order valence-corrected chi connectivity index (χ2v) is 7.76. The van der Waals surface area contributed by atoms with Crippen LogP contribution in [0.3, 0.4) is 0 Å². The van der Waals surface area contributed by atoms with Crippen LogP contribution in [0.1, 0.15) is 27.7 Å². The molecule has 0 spiro atoms. The summed E-state index contributed by atoms with van der Waals surface area (Å²) in [4.78, 5) is 25.3. The van der Waals surface area contributed by atoms with Crippen LogP contribution in [0.5, 0.6) is 0 Å². The van der Waals surface area contributed by atoms with Gasteiger partial charge in [-0.3, -0.25) is 4.79 Å². The lowest BCUT2D eigenvalue weighted by molar-refractivity contribution is -0.288. The van der Waals surface area contributed by atoms with Crippen LogP contribution in [0, 0.1) is 18.7 Å². The van der Waals surface area contributed by atoms with E-state index in [0.29, 0.717) is 5.56 Å². The van der Waals surface area contributed by atoms with E-state index in [4.69, 9.17) is 4.42 Å². The number of ketones is 1. The molecule has 33 heavy (non-hydrogen) atoms. The van der Waals surface area contributed by atoms with Gasteiger partial charge in [-0.05, 0) is 43.3 Å². The van der Waals surface area contributed by atoms with E-state index in [1.165, 1.54) is 53.8 Å². The van der Waals surface area contributed by atoms with Crippen LogP contribution in [0.15, 0.2) is 65.1 Å². The molecule has 2 amide bonds. The Labute approximate surface area is 185 Å². The second kappa shape index (κ2) is 8.04. The number of carbonyl (C=O) groups is 2. The summed E-state index contributed by atoms with van der Waals surface area (Å²) in [5.41, 5.74) is -2.73. The highest BCUT2D eigenvalue weighted by molar-refractivity contribution is 6.00. The first-order valence-electron chi connectivity index (χ1n) is 9.84. The standard InChI is InChI=1S/C23H18F4N2O4/c1-12-2-4-14(5-3-12)20(30)18-19(28-21(31)29-22(18,32)23(25,26)27)17-11-10-16(33-17)13-6-8-15(24)9-7-13/h2-11,18-19,32H,1H3,(H2,28,29,31)/t18-,19-,22-/m0/s1. The highest BCUT2D eigenvalue weighted by Crippen LogP contribution is 2.44. The molecule has 172 valence electrons. The summed E-state index contributed by atoms with van der Waals surface area (Å²) in [6, 6.07) is 10.7. The van der Waals surface area contributed by atoms with Gasteiger partial charge in [0.2, 0.25) is 5.72 Å². The predicted octanol–water partition coefficient (Wildman–Crippen LogP) is 4.50. The van der Waals surface area contributed by atoms with Crippen molar-refractivity contribution in [2.24, 2.45) is 5.92 Å². The lowest BCUT2D eigenvalue weighted by Crippen LogP contribution is -2.72. The fourth-order valence-electron chi connectivity index (χ4n) is 3.76. The van der Waals surface area contributed by atoms with E-state index in [-0.39, 0.29) is 17.1 Å². The molecule has 0 bridgehead atoms. The van der Waals surface area contributed by atoms with Crippen LogP contribution < -0.4 is 10.6 Å². The molecule has 4 rings (SSSR count). The number of amides is 2. The van der Waals surface area contributed by atoms with E-state index in [1.54, 1.807) is 19.1 Å². The number of halogens is 4. The number of hydrogen-bond donors (Lipinski definition) is 3. The molecular formula is C23H18F4N2O4. The molecule has 10 heteroatoms. The van der Waals surface area contributed by atoms with Crippen molar-refractivity contribution in [2.45, 2.75) is 24.9 Å². The maximum absolute atomic E-state index is 14.0. The number of carbonyl (C=O) groups excluding carboxylic acids is 2. The lowest BCUT2D eigenvalue weighted by atomic mass is 9.79. The summed E-state index contributed by atoms with van der Waals surface area (Å²) in [5, 5.41) is 14.3. The molecule has 1 aliphatic heterocycles.